The lowest BCUT2D eigenvalue weighted by atomic mass is 10.1. The Balaban J connectivity index is 1.61. The van der Waals surface area contributed by atoms with Gasteiger partial charge in [-0.15, -0.1) is 0 Å². The average molecular weight is 376 g/mol. The molecule has 6 heteroatoms. The van der Waals surface area contributed by atoms with Gasteiger partial charge in [0.1, 0.15) is 17.6 Å². The summed E-state index contributed by atoms with van der Waals surface area (Å²) in [4.78, 5) is 14.4. The summed E-state index contributed by atoms with van der Waals surface area (Å²) in [5.41, 5.74) is 1.02. The van der Waals surface area contributed by atoms with E-state index in [9.17, 15) is 4.79 Å². The van der Waals surface area contributed by atoms with Crippen LogP contribution in [0.4, 0.5) is 0 Å². The number of amides is 1. The van der Waals surface area contributed by atoms with Crippen molar-refractivity contribution in [1.82, 2.24) is 4.90 Å². The van der Waals surface area contributed by atoms with Crippen LogP contribution in [-0.2, 0) is 9.53 Å². The van der Waals surface area contributed by atoms with Crippen molar-refractivity contribution in [1.29, 1.82) is 0 Å². The van der Waals surface area contributed by atoms with E-state index in [1.54, 1.807) is 31.4 Å². The van der Waals surface area contributed by atoms with Crippen LogP contribution >= 0.6 is 11.6 Å². The minimum absolute atomic E-state index is 0.00539. The lowest BCUT2D eigenvalue weighted by Gasteiger charge is -2.38. The van der Waals surface area contributed by atoms with Gasteiger partial charge in [-0.05, 0) is 48.9 Å². The number of rotatable bonds is 5. The molecule has 1 aliphatic heterocycles. The monoisotopic (exact) mass is 375 g/mol. The van der Waals surface area contributed by atoms with E-state index in [2.05, 4.69) is 0 Å². The molecule has 1 fully saturated rings. The molecule has 5 nitrogen and oxygen atoms in total. The standard InChI is InChI=1S/C20H22ClNO4/c1-14-12-26-19(15-3-7-17(24-2)8-4-15)11-22(14)20(23)13-25-18-9-5-16(21)6-10-18/h3-10,14,19H,11-13H2,1-2H3. The highest BCUT2D eigenvalue weighted by Gasteiger charge is 2.30. The highest BCUT2D eigenvalue weighted by atomic mass is 35.5. The van der Waals surface area contributed by atoms with Crippen LogP contribution in [0.5, 0.6) is 11.5 Å². The molecule has 0 aromatic heterocycles. The van der Waals surface area contributed by atoms with Crippen molar-refractivity contribution in [2.75, 3.05) is 26.9 Å². The largest absolute Gasteiger partial charge is 0.497 e. The van der Waals surface area contributed by atoms with E-state index in [1.165, 1.54) is 0 Å². The van der Waals surface area contributed by atoms with Gasteiger partial charge in [-0.2, -0.15) is 0 Å². The molecule has 2 unspecified atom stereocenters. The van der Waals surface area contributed by atoms with Crippen LogP contribution in [0.15, 0.2) is 48.5 Å². The number of benzene rings is 2. The number of hydrogen-bond donors (Lipinski definition) is 0. The summed E-state index contributed by atoms with van der Waals surface area (Å²) >= 11 is 5.86. The third-order valence-electron chi connectivity index (χ3n) is 4.42. The Morgan fingerprint density at radius 3 is 2.46 bits per heavy atom. The fraction of sp³-hybridized carbons (Fsp3) is 0.350. The molecular weight excluding hydrogens is 354 g/mol. The van der Waals surface area contributed by atoms with Crippen molar-refractivity contribution in [3.8, 4) is 11.5 Å². The van der Waals surface area contributed by atoms with Crippen molar-refractivity contribution in [2.24, 2.45) is 0 Å². The van der Waals surface area contributed by atoms with Crippen LogP contribution in [0, 0.1) is 0 Å². The van der Waals surface area contributed by atoms with E-state index in [4.69, 9.17) is 25.8 Å². The first-order valence-electron chi connectivity index (χ1n) is 8.50. The minimum atomic E-state index is -0.156. The highest BCUT2D eigenvalue weighted by Crippen LogP contribution is 2.26. The van der Waals surface area contributed by atoms with Gasteiger partial charge in [0.2, 0.25) is 0 Å². The summed E-state index contributed by atoms with van der Waals surface area (Å²) in [5.74, 6) is 1.35. The minimum Gasteiger partial charge on any atom is -0.497 e. The predicted molar refractivity (Wildman–Crippen MR) is 99.8 cm³/mol. The number of carbonyl (C=O) groups is 1. The zero-order chi connectivity index (χ0) is 18.5. The molecule has 0 N–H and O–H groups in total. The van der Waals surface area contributed by atoms with E-state index in [0.29, 0.717) is 23.9 Å². The number of morpholine rings is 1. The summed E-state index contributed by atoms with van der Waals surface area (Å²) in [5, 5.41) is 0.632. The lowest BCUT2D eigenvalue weighted by Crippen LogP contribution is -2.49. The first-order chi connectivity index (χ1) is 12.6. The quantitative estimate of drug-likeness (QED) is 0.799. The molecule has 1 amide bonds. The molecule has 1 saturated heterocycles. The summed E-state index contributed by atoms with van der Waals surface area (Å²) in [6.07, 6.45) is -0.156. The normalized spacial score (nSPS) is 19.9. The Labute approximate surface area is 158 Å². The molecule has 26 heavy (non-hydrogen) atoms. The number of carbonyl (C=O) groups excluding carboxylic acids is 1. The van der Waals surface area contributed by atoms with Crippen LogP contribution in [0.3, 0.4) is 0 Å². The molecule has 1 aliphatic rings. The first kappa shape index (κ1) is 18.5. The van der Waals surface area contributed by atoms with Crippen LogP contribution < -0.4 is 9.47 Å². The van der Waals surface area contributed by atoms with E-state index < -0.39 is 0 Å². The second kappa shape index (κ2) is 8.43. The molecule has 0 aliphatic carbocycles. The maximum Gasteiger partial charge on any atom is 0.260 e. The molecule has 0 bridgehead atoms. The zero-order valence-electron chi connectivity index (χ0n) is 14.9. The Hall–Kier alpha value is -2.24. The van der Waals surface area contributed by atoms with Gasteiger partial charge in [0.25, 0.3) is 5.91 Å². The second-order valence-corrected chi connectivity index (χ2v) is 6.67. The van der Waals surface area contributed by atoms with Crippen LogP contribution in [0.2, 0.25) is 5.02 Å². The van der Waals surface area contributed by atoms with E-state index >= 15 is 0 Å². The number of nitrogens with zero attached hydrogens (tertiary/aromatic N) is 1. The Morgan fingerprint density at radius 2 is 1.81 bits per heavy atom. The number of methoxy groups -OCH3 is 1. The van der Waals surface area contributed by atoms with Crippen LogP contribution in [0.1, 0.15) is 18.6 Å². The number of halogens is 1. The van der Waals surface area contributed by atoms with Gasteiger partial charge < -0.3 is 19.1 Å². The fourth-order valence-electron chi connectivity index (χ4n) is 2.88. The smallest absolute Gasteiger partial charge is 0.260 e. The molecule has 2 aromatic carbocycles. The molecule has 0 radical (unpaired) electrons. The first-order valence-corrected chi connectivity index (χ1v) is 8.88. The third-order valence-corrected chi connectivity index (χ3v) is 4.67. The SMILES string of the molecule is COc1ccc(C2CN(C(=O)COc3ccc(Cl)cc3)C(C)CO2)cc1. The molecule has 0 spiro atoms. The molecule has 2 aromatic rings. The van der Waals surface area contributed by atoms with Crippen LogP contribution in [0.25, 0.3) is 0 Å². The summed E-state index contributed by atoms with van der Waals surface area (Å²) < 4.78 is 16.7. The predicted octanol–water partition coefficient (Wildman–Crippen LogP) is 3.72. The van der Waals surface area contributed by atoms with Gasteiger partial charge in [-0.25, -0.2) is 0 Å². The van der Waals surface area contributed by atoms with Crippen molar-refractivity contribution in [2.45, 2.75) is 19.1 Å². The summed E-state index contributed by atoms with van der Waals surface area (Å²) in [6, 6.07) is 14.7. The van der Waals surface area contributed by atoms with Crippen molar-refractivity contribution in [3.63, 3.8) is 0 Å². The van der Waals surface area contributed by atoms with Gasteiger partial charge >= 0.3 is 0 Å². The van der Waals surface area contributed by atoms with Crippen molar-refractivity contribution < 1.29 is 19.0 Å². The van der Waals surface area contributed by atoms with E-state index in [0.717, 1.165) is 11.3 Å². The number of hydrogen-bond acceptors (Lipinski definition) is 4. The third kappa shape index (κ3) is 4.48. The average Bonchev–Trinajstić information content (AvgIpc) is 2.68. The second-order valence-electron chi connectivity index (χ2n) is 6.23. The lowest BCUT2D eigenvalue weighted by molar-refractivity contribution is -0.146. The van der Waals surface area contributed by atoms with Gasteiger partial charge in [-0.1, -0.05) is 23.7 Å². The number of ether oxygens (including phenoxy) is 3. The van der Waals surface area contributed by atoms with Crippen molar-refractivity contribution >= 4 is 17.5 Å². The Bertz CT molecular complexity index is 732. The summed E-state index contributed by atoms with van der Waals surface area (Å²) in [6.45, 7) is 2.95. The Kier molecular flexibility index (Phi) is 6.01. The van der Waals surface area contributed by atoms with Gasteiger partial charge in [-0.3, -0.25) is 4.79 Å². The van der Waals surface area contributed by atoms with Crippen LogP contribution in [-0.4, -0.2) is 43.7 Å². The van der Waals surface area contributed by atoms with E-state index in [1.807, 2.05) is 36.1 Å². The molecule has 138 valence electrons. The molecule has 1 heterocycles. The molecule has 0 saturated carbocycles. The Morgan fingerprint density at radius 1 is 1.15 bits per heavy atom. The maximum atomic E-state index is 12.6. The maximum absolute atomic E-state index is 12.6. The fourth-order valence-corrected chi connectivity index (χ4v) is 3.01. The van der Waals surface area contributed by atoms with Gasteiger partial charge in [0.05, 0.1) is 26.3 Å². The van der Waals surface area contributed by atoms with E-state index in [-0.39, 0.29) is 24.7 Å². The topological polar surface area (TPSA) is 48.0 Å². The highest BCUT2D eigenvalue weighted by molar-refractivity contribution is 6.30. The van der Waals surface area contributed by atoms with Gasteiger partial charge in [0, 0.05) is 5.02 Å². The summed E-state index contributed by atoms with van der Waals surface area (Å²) in [7, 11) is 1.63. The zero-order valence-corrected chi connectivity index (χ0v) is 15.6. The van der Waals surface area contributed by atoms with Gasteiger partial charge in [0.15, 0.2) is 6.61 Å². The molecular formula is C20H22ClNO4. The van der Waals surface area contributed by atoms with Crippen molar-refractivity contribution in [3.05, 3.63) is 59.1 Å². The molecule has 2 atom stereocenters. The molecule has 3 rings (SSSR count).